The van der Waals surface area contributed by atoms with E-state index in [9.17, 15) is 8.42 Å². The maximum atomic E-state index is 11.3. The average molecular weight is 307 g/mol. The highest BCUT2D eigenvalue weighted by Crippen LogP contribution is 2.43. The van der Waals surface area contributed by atoms with Crippen LogP contribution in [0, 0.1) is 5.41 Å². The summed E-state index contributed by atoms with van der Waals surface area (Å²) in [5.41, 5.74) is 0.279. The van der Waals surface area contributed by atoms with Crippen LogP contribution >= 0.6 is 15.9 Å². The van der Waals surface area contributed by atoms with E-state index in [2.05, 4.69) is 21.0 Å². The van der Waals surface area contributed by atoms with E-state index in [1.807, 2.05) is 0 Å². The van der Waals surface area contributed by atoms with E-state index in [4.69, 9.17) is 0 Å². The minimum Gasteiger partial charge on any atom is -0.271 e. The number of hydrogen-bond acceptors (Lipinski definition) is 3. The lowest BCUT2D eigenvalue weighted by Crippen LogP contribution is -2.35. The molecule has 0 aliphatic heterocycles. The van der Waals surface area contributed by atoms with Crippen molar-refractivity contribution in [2.75, 3.05) is 11.6 Å². The van der Waals surface area contributed by atoms with E-state index in [1.54, 1.807) is 10.9 Å². The van der Waals surface area contributed by atoms with Crippen molar-refractivity contribution in [1.29, 1.82) is 0 Å². The van der Waals surface area contributed by atoms with Gasteiger partial charge in [0.15, 0.2) is 9.84 Å². The van der Waals surface area contributed by atoms with Gasteiger partial charge in [0, 0.05) is 24.3 Å². The molecule has 1 fully saturated rings. The average Bonchev–Trinajstić information content (AvgIpc) is 2.58. The van der Waals surface area contributed by atoms with Gasteiger partial charge in [0.2, 0.25) is 0 Å². The van der Waals surface area contributed by atoms with Gasteiger partial charge in [0.05, 0.1) is 6.20 Å². The summed E-state index contributed by atoms with van der Waals surface area (Å²) in [5.74, 6) is 0. The molecule has 1 aliphatic carbocycles. The normalized spacial score (nSPS) is 19.4. The summed E-state index contributed by atoms with van der Waals surface area (Å²) in [4.78, 5) is 0.302. The van der Waals surface area contributed by atoms with Crippen molar-refractivity contribution >= 4 is 25.8 Å². The first-order chi connectivity index (χ1) is 7.45. The Kier molecular flexibility index (Phi) is 3.13. The number of alkyl halides is 1. The van der Waals surface area contributed by atoms with E-state index >= 15 is 0 Å². The van der Waals surface area contributed by atoms with Crippen LogP contribution < -0.4 is 0 Å². The zero-order valence-electron chi connectivity index (χ0n) is 9.19. The molecule has 16 heavy (non-hydrogen) atoms. The molecule has 0 aromatic carbocycles. The first kappa shape index (κ1) is 12.1. The van der Waals surface area contributed by atoms with Crippen molar-refractivity contribution in [3.63, 3.8) is 0 Å². The van der Waals surface area contributed by atoms with Gasteiger partial charge in [0.25, 0.3) is 0 Å². The van der Waals surface area contributed by atoms with E-state index < -0.39 is 9.84 Å². The fourth-order valence-corrected chi connectivity index (χ4v) is 3.27. The summed E-state index contributed by atoms with van der Waals surface area (Å²) in [5, 5.41) is 5.07. The number of halogens is 1. The Morgan fingerprint density at radius 3 is 2.62 bits per heavy atom. The van der Waals surface area contributed by atoms with Gasteiger partial charge in [0.1, 0.15) is 4.90 Å². The highest BCUT2D eigenvalue weighted by molar-refractivity contribution is 9.09. The Morgan fingerprint density at radius 1 is 1.56 bits per heavy atom. The van der Waals surface area contributed by atoms with Gasteiger partial charge >= 0.3 is 0 Å². The predicted molar refractivity (Wildman–Crippen MR) is 65.4 cm³/mol. The van der Waals surface area contributed by atoms with E-state index in [-0.39, 0.29) is 5.41 Å². The van der Waals surface area contributed by atoms with Gasteiger partial charge in [-0.3, -0.25) is 4.68 Å². The van der Waals surface area contributed by atoms with E-state index in [0.29, 0.717) is 4.90 Å². The van der Waals surface area contributed by atoms with Gasteiger partial charge in [-0.25, -0.2) is 8.42 Å². The fourth-order valence-electron chi connectivity index (χ4n) is 1.98. The SMILES string of the molecule is CS(=O)(=O)c1cnn(CC2(CBr)CCC2)c1. The van der Waals surface area contributed by atoms with Crippen molar-refractivity contribution in [2.24, 2.45) is 5.41 Å². The summed E-state index contributed by atoms with van der Waals surface area (Å²) >= 11 is 3.53. The minimum atomic E-state index is -3.13. The second kappa shape index (κ2) is 4.14. The second-order valence-electron chi connectivity index (χ2n) is 4.63. The smallest absolute Gasteiger partial charge is 0.178 e. The van der Waals surface area contributed by atoms with Gasteiger partial charge in [-0.05, 0) is 18.3 Å². The van der Waals surface area contributed by atoms with Crippen LogP contribution in [0.3, 0.4) is 0 Å². The number of sulfone groups is 1. The van der Waals surface area contributed by atoms with Gasteiger partial charge in [-0.15, -0.1) is 0 Å². The van der Waals surface area contributed by atoms with E-state index in [0.717, 1.165) is 11.9 Å². The molecule has 1 heterocycles. The largest absolute Gasteiger partial charge is 0.271 e. The Hall–Kier alpha value is -0.360. The molecule has 1 aromatic heterocycles. The molecule has 0 amide bonds. The highest BCUT2D eigenvalue weighted by atomic mass is 79.9. The summed E-state index contributed by atoms with van der Waals surface area (Å²) in [6, 6.07) is 0. The zero-order chi connectivity index (χ0) is 11.8. The lowest BCUT2D eigenvalue weighted by atomic mass is 9.70. The molecule has 2 rings (SSSR count). The topological polar surface area (TPSA) is 52.0 Å². The fraction of sp³-hybridized carbons (Fsp3) is 0.700. The Labute approximate surface area is 104 Å². The Bertz CT molecular complexity index is 471. The standard InChI is InChI=1S/C10H15BrN2O2S/c1-16(14,15)9-5-12-13(6-9)8-10(7-11)3-2-4-10/h5-6H,2-4,7-8H2,1H3. The van der Waals surface area contributed by atoms with Crippen molar-refractivity contribution in [2.45, 2.75) is 30.7 Å². The monoisotopic (exact) mass is 306 g/mol. The first-order valence-electron chi connectivity index (χ1n) is 5.24. The molecule has 0 atom stereocenters. The van der Waals surface area contributed by atoms with Gasteiger partial charge in [-0.2, -0.15) is 5.10 Å². The van der Waals surface area contributed by atoms with Crippen molar-refractivity contribution < 1.29 is 8.42 Å². The summed E-state index contributed by atoms with van der Waals surface area (Å²) in [6.45, 7) is 0.799. The number of aromatic nitrogens is 2. The van der Waals surface area contributed by atoms with Crippen LogP contribution in [-0.2, 0) is 16.4 Å². The lowest BCUT2D eigenvalue weighted by molar-refractivity contribution is 0.134. The summed E-state index contributed by atoms with van der Waals surface area (Å²) in [6.07, 6.45) is 7.89. The van der Waals surface area contributed by atoms with Crippen molar-refractivity contribution in [3.05, 3.63) is 12.4 Å². The van der Waals surface area contributed by atoms with Gasteiger partial charge in [-0.1, -0.05) is 22.4 Å². The van der Waals surface area contributed by atoms with Crippen LogP contribution in [0.4, 0.5) is 0 Å². The molecular weight excluding hydrogens is 292 g/mol. The Balaban J connectivity index is 2.14. The third-order valence-electron chi connectivity index (χ3n) is 3.23. The predicted octanol–water partition coefficient (Wildman–Crippen LogP) is 1.85. The molecule has 0 saturated heterocycles. The molecule has 6 heteroatoms. The molecular formula is C10H15BrN2O2S. The van der Waals surface area contributed by atoms with Crippen molar-refractivity contribution in [1.82, 2.24) is 9.78 Å². The van der Waals surface area contributed by atoms with Crippen LogP contribution in [0.1, 0.15) is 19.3 Å². The molecule has 0 N–H and O–H groups in total. The molecule has 0 bridgehead atoms. The van der Waals surface area contributed by atoms with Crippen LogP contribution in [0.5, 0.6) is 0 Å². The maximum Gasteiger partial charge on any atom is 0.178 e. The highest BCUT2D eigenvalue weighted by Gasteiger charge is 2.36. The third kappa shape index (κ3) is 2.32. The minimum absolute atomic E-state index is 0.279. The number of rotatable bonds is 4. The van der Waals surface area contributed by atoms with Gasteiger partial charge < -0.3 is 0 Å². The molecule has 1 saturated carbocycles. The molecule has 1 aromatic rings. The van der Waals surface area contributed by atoms with Crippen LogP contribution in [0.2, 0.25) is 0 Å². The molecule has 1 aliphatic rings. The van der Waals surface area contributed by atoms with Crippen LogP contribution in [0.15, 0.2) is 17.3 Å². The van der Waals surface area contributed by atoms with Crippen LogP contribution in [0.25, 0.3) is 0 Å². The second-order valence-corrected chi connectivity index (χ2v) is 7.21. The Morgan fingerprint density at radius 2 is 2.25 bits per heavy atom. The van der Waals surface area contributed by atoms with Crippen LogP contribution in [-0.4, -0.2) is 29.8 Å². The quantitative estimate of drug-likeness (QED) is 0.798. The molecule has 0 radical (unpaired) electrons. The first-order valence-corrected chi connectivity index (χ1v) is 8.25. The molecule has 0 spiro atoms. The third-order valence-corrected chi connectivity index (χ3v) is 5.49. The zero-order valence-corrected chi connectivity index (χ0v) is 11.6. The number of nitrogens with zero attached hydrogens (tertiary/aromatic N) is 2. The maximum absolute atomic E-state index is 11.3. The summed E-state index contributed by atoms with van der Waals surface area (Å²) in [7, 11) is -3.13. The lowest BCUT2D eigenvalue weighted by Gasteiger charge is -2.40. The van der Waals surface area contributed by atoms with Crippen molar-refractivity contribution in [3.8, 4) is 0 Å². The molecule has 4 nitrogen and oxygen atoms in total. The molecule has 0 unspecified atom stereocenters. The molecule has 90 valence electrons. The summed E-state index contributed by atoms with van der Waals surface area (Å²) < 4.78 is 24.4. The number of hydrogen-bond donors (Lipinski definition) is 0. The van der Waals surface area contributed by atoms with E-state index in [1.165, 1.54) is 31.7 Å².